The van der Waals surface area contributed by atoms with Crippen LogP contribution in [0, 0.1) is 0 Å². The first-order valence-corrected chi connectivity index (χ1v) is 5.99. The normalized spacial score (nSPS) is 17.5. The van der Waals surface area contributed by atoms with E-state index in [1.807, 2.05) is 19.1 Å². The summed E-state index contributed by atoms with van der Waals surface area (Å²) < 4.78 is 0. The highest BCUT2D eigenvalue weighted by atomic mass is 16.3. The molecular formula is C14H19NO. The van der Waals surface area contributed by atoms with Gasteiger partial charge in [0.05, 0.1) is 6.10 Å². The number of nitrogens with zero attached hydrogens (tertiary/aromatic N) is 1. The summed E-state index contributed by atoms with van der Waals surface area (Å²) in [6.07, 6.45) is 6.00. The van der Waals surface area contributed by atoms with Gasteiger partial charge in [0.15, 0.2) is 0 Å². The van der Waals surface area contributed by atoms with Gasteiger partial charge in [-0.2, -0.15) is 0 Å². The van der Waals surface area contributed by atoms with Crippen molar-refractivity contribution in [2.45, 2.75) is 25.9 Å². The van der Waals surface area contributed by atoms with E-state index in [2.05, 4.69) is 29.2 Å². The van der Waals surface area contributed by atoms with Crippen LogP contribution in [-0.4, -0.2) is 18.2 Å². The molecule has 0 radical (unpaired) electrons. The van der Waals surface area contributed by atoms with Crippen LogP contribution in [0.3, 0.4) is 0 Å². The zero-order chi connectivity index (χ0) is 11.4. The van der Waals surface area contributed by atoms with E-state index < -0.39 is 0 Å². The Morgan fingerprint density at radius 3 is 2.56 bits per heavy atom. The van der Waals surface area contributed by atoms with E-state index in [1.54, 1.807) is 0 Å². The maximum Gasteiger partial charge on any atom is 0.0787 e. The van der Waals surface area contributed by atoms with Gasteiger partial charge in [0.25, 0.3) is 0 Å². The predicted octanol–water partition coefficient (Wildman–Crippen LogP) is 2.90. The molecule has 0 aromatic heterocycles. The van der Waals surface area contributed by atoms with Crippen molar-refractivity contribution in [3.8, 4) is 0 Å². The molecule has 0 saturated carbocycles. The van der Waals surface area contributed by atoms with Gasteiger partial charge in [0, 0.05) is 18.8 Å². The standard InChI is InChI=1S/C14H19NO/c1-2-14(16)12-6-8-13(9-7-12)15-10-4-3-5-11-15/h3-4,6-9,14,16H,2,5,10-11H2,1H3/t14-/m1/s1. The number of rotatable bonds is 3. The van der Waals surface area contributed by atoms with Crippen LogP contribution in [0.4, 0.5) is 5.69 Å². The topological polar surface area (TPSA) is 23.5 Å². The Labute approximate surface area is 97.2 Å². The van der Waals surface area contributed by atoms with E-state index in [4.69, 9.17) is 0 Å². The van der Waals surface area contributed by atoms with Gasteiger partial charge in [0.1, 0.15) is 0 Å². The fourth-order valence-electron chi connectivity index (χ4n) is 2.02. The van der Waals surface area contributed by atoms with Crippen molar-refractivity contribution in [3.63, 3.8) is 0 Å². The summed E-state index contributed by atoms with van der Waals surface area (Å²) in [6, 6.07) is 8.27. The molecule has 86 valence electrons. The molecule has 1 atom stereocenters. The van der Waals surface area contributed by atoms with Gasteiger partial charge in [-0.1, -0.05) is 31.2 Å². The molecule has 2 rings (SSSR count). The summed E-state index contributed by atoms with van der Waals surface area (Å²) in [6.45, 7) is 4.08. The predicted molar refractivity (Wildman–Crippen MR) is 67.7 cm³/mol. The third kappa shape index (κ3) is 2.45. The van der Waals surface area contributed by atoms with Crippen LogP contribution in [-0.2, 0) is 0 Å². The summed E-state index contributed by atoms with van der Waals surface area (Å²) in [5.74, 6) is 0. The van der Waals surface area contributed by atoms with E-state index in [0.29, 0.717) is 0 Å². The summed E-state index contributed by atoms with van der Waals surface area (Å²) in [4.78, 5) is 2.35. The lowest BCUT2D eigenvalue weighted by Crippen LogP contribution is -2.26. The number of anilines is 1. The highest BCUT2D eigenvalue weighted by molar-refractivity contribution is 5.49. The largest absolute Gasteiger partial charge is 0.388 e. The lowest BCUT2D eigenvalue weighted by Gasteiger charge is -2.25. The fraction of sp³-hybridized carbons (Fsp3) is 0.429. The molecular weight excluding hydrogens is 198 g/mol. The fourth-order valence-corrected chi connectivity index (χ4v) is 2.02. The van der Waals surface area contributed by atoms with Gasteiger partial charge in [-0.3, -0.25) is 0 Å². The van der Waals surface area contributed by atoms with Gasteiger partial charge in [-0.05, 0) is 30.5 Å². The number of hydrogen-bond acceptors (Lipinski definition) is 2. The van der Waals surface area contributed by atoms with Gasteiger partial charge in [-0.15, -0.1) is 0 Å². The Hall–Kier alpha value is -1.28. The second-order valence-corrected chi connectivity index (χ2v) is 4.22. The number of benzene rings is 1. The first kappa shape index (κ1) is 11.2. The quantitative estimate of drug-likeness (QED) is 0.787. The first-order valence-electron chi connectivity index (χ1n) is 5.99. The van der Waals surface area contributed by atoms with Crippen molar-refractivity contribution in [1.29, 1.82) is 0 Å². The Bertz CT molecular complexity index is 356. The molecule has 2 heteroatoms. The average Bonchev–Trinajstić information content (AvgIpc) is 2.39. The highest BCUT2D eigenvalue weighted by Crippen LogP contribution is 2.22. The number of hydrogen-bond donors (Lipinski definition) is 1. The van der Waals surface area contributed by atoms with Crippen molar-refractivity contribution < 1.29 is 5.11 Å². The molecule has 0 amide bonds. The van der Waals surface area contributed by atoms with Crippen LogP contribution in [0.25, 0.3) is 0 Å². The minimum absolute atomic E-state index is 0.324. The van der Waals surface area contributed by atoms with E-state index in [9.17, 15) is 5.11 Å². The summed E-state index contributed by atoms with van der Waals surface area (Å²) in [5, 5.41) is 9.71. The van der Waals surface area contributed by atoms with Crippen LogP contribution < -0.4 is 4.90 Å². The smallest absolute Gasteiger partial charge is 0.0787 e. The summed E-state index contributed by atoms with van der Waals surface area (Å²) in [7, 11) is 0. The minimum Gasteiger partial charge on any atom is -0.388 e. The first-order chi connectivity index (χ1) is 7.81. The van der Waals surface area contributed by atoms with Gasteiger partial charge >= 0.3 is 0 Å². The van der Waals surface area contributed by atoms with Gasteiger partial charge < -0.3 is 10.0 Å². The van der Waals surface area contributed by atoms with E-state index in [-0.39, 0.29) is 6.10 Å². The Balaban J connectivity index is 2.09. The molecule has 1 heterocycles. The average molecular weight is 217 g/mol. The lowest BCUT2D eigenvalue weighted by molar-refractivity contribution is 0.173. The maximum absolute atomic E-state index is 9.71. The van der Waals surface area contributed by atoms with Crippen molar-refractivity contribution in [2.75, 3.05) is 18.0 Å². The third-order valence-corrected chi connectivity index (χ3v) is 3.09. The Morgan fingerprint density at radius 1 is 1.25 bits per heavy atom. The molecule has 0 spiro atoms. The van der Waals surface area contributed by atoms with Crippen LogP contribution in [0.15, 0.2) is 36.4 Å². The van der Waals surface area contributed by atoms with Crippen LogP contribution in [0.1, 0.15) is 31.4 Å². The second kappa shape index (κ2) is 5.17. The van der Waals surface area contributed by atoms with Gasteiger partial charge in [-0.25, -0.2) is 0 Å². The number of aliphatic hydroxyl groups excluding tert-OH is 1. The molecule has 1 aliphatic rings. The van der Waals surface area contributed by atoms with E-state index in [1.165, 1.54) is 5.69 Å². The van der Waals surface area contributed by atoms with Crippen molar-refractivity contribution in [3.05, 3.63) is 42.0 Å². The Morgan fingerprint density at radius 2 is 2.00 bits per heavy atom. The van der Waals surface area contributed by atoms with E-state index in [0.717, 1.165) is 31.5 Å². The molecule has 0 saturated heterocycles. The molecule has 1 aromatic carbocycles. The van der Waals surface area contributed by atoms with Gasteiger partial charge in [0.2, 0.25) is 0 Å². The lowest BCUT2D eigenvalue weighted by atomic mass is 10.1. The second-order valence-electron chi connectivity index (χ2n) is 4.22. The molecule has 2 nitrogen and oxygen atoms in total. The molecule has 0 bridgehead atoms. The molecule has 1 aliphatic heterocycles. The SMILES string of the molecule is CC[C@@H](O)c1ccc(N2CC=CCC2)cc1. The molecule has 0 unspecified atom stereocenters. The monoisotopic (exact) mass is 217 g/mol. The van der Waals surface area contributed by atoms with Crippen molar-refractivity contribution in [1.82, 2.24) is 0 Å². The molecule has 1 N–H and O–H groups in total. The maximum atomic E-state index is 9.71. The highest BCUT2D eigenvalue weighted by Gasteiger charge is 2.08. The zero-order valence-corrected chi connectivity index (χ0v) is 9.76. The summed E-state index contributed by atoms with van der Waals surface area (Å²) >= 11 is 0. The Kier molecular flexibility index (Phi) is 3.62. The number of aliphatic hydroxyl groups is 1. The molecule has 16 heavy (non-hydrogen) atoms. The summed E-state index contributed by atoms with van der Waals surface area (Å²) in [5.41, 5.74) is 2.26. The van der Waals surface area contributed by atoms with Crippen LogP contribution in [0.5, 0.6) is 0 Å². The molecule has 0 fully saturated rings. The van der Waals surface area contributed by atoms with Crippen LogP contribution in [0.2, 0.25) is 0 Å². The third-order valence-electron chi connectivity index (χ3n) is 3.09. The molecule has 0 aliphatic carbocycles. The minimum atomic E-state index is -0.324. The van der Waals surface area contributed by atoms with E-state index >= 15 is 0 Å². The van der Waals surface area contributed by atoms with Crippen molar-refractivity contribution in [2.24, 2.45) is 0 Å². The van der Waals surface area contributed by atoms with Crippen molar-refractivity contribution >= 4 is 5.69 Å². The molecule has 1 aromatic rings. The van der Waals surface area contributed by atoms with Crippen LogP contribution >= 0.6 is 0 Å². The zero-order valence-electron chi connectivity index (χ0n) is 9.76.